The van der Waals surface area contributed by atoms with Gasteiger partial charge in [0.05, 0.1) is 22.8 Å². The van der Waals surface area contributed by atoms with Crippen LogP contribution >= 0.6 is 23.9 Å². The van der Waals surface area contributed by atoms with E-state index in [1.165, 1.54) is 61.0 Å². The van der Waals surface area contributed by atoms with Gasteiger partial charge in [0.25, 0.3) is 0 Å². The Morgan fingerprint density at radius 1 is 0.957 bits per heavy atom. The van der Waals surface area contributed by atoms with Crippen LogP contribution in [0.5, 0.6) is 5.75 Å². The van der Waals surface area contributed by atoms with Gasteiger partial charge in [0, 0.05) is 85.3 Å². The molecule has 0 unspecified atom stereocenters. The zero-order valence-corrected chi connectivity index (χ0v) is 30.4. The fraction of sp³-hybridized carbons (Fsp3) is 0.457. The standard InChI is InChI=1S/C35H46BrN8OP/c1-7-24-8-9-26-28(38-24)10-11-29(33(26)46(5)6)39-34-27(36)22-37-35(41-34)40-30-20-23(2)31(21-32(30)45-4)44-14-12-25(13-15-44)43-18-16-42(3)17-19-43/h8-11,20-22,25H,7,12-19H2,1-6H3,(H2,37,39,40,41). The number of hydrogen-bond acceptors (Lipinski definition) is 9. The number of likely N-dealkylation sites (N-methyl/N-ethyl adjacent to an activating group) is 1. The van der Waals surface area contributed by atoms with Crippen molar-refractivity contribution in [2.24, 2.45) is 0 Å². The van der Waals surface area contributed by atoms with Gasteiger partial charge in [-0.3, -0.25) is 9.88 Å². The summed E-state index contributed by atoms with van der Waals surface area (Å²) in [5.41, 5.74) is 6.46. The number of nitrogens with one attached hydrogen (secondary N) is 2. The molecule has 11 heteroatoms. The summed E-state index contributed by atoms with van der Waals surface area (Å²) >= 11 is 3.67. The zero-order chi connectivity index (χ0) is 32.4. The highest BCUT2D eigenvalue weighted by molar-refractivity contribution is 9.10. The van der Waals surface area contributed by atoms with E-state index < -0.39 is 7.92 Å². The van der Waals surface area contributed by atoms with Gasteiger partial charge in [-0.25, -0.2) is 4.98 Å². The molecule has 0 amide bonds. The van der Waals surface area contributed by atoms with Crippen LogP contribution < -0.4 is 25.6 Å². The number of ether oxygens (including phenoxy) is 1. The van der Waals surface area contributed by atoms with Gasteiger partial charge in [-0.15, -0.1) is 0 Å². The fourth-order valence-corrected chi connectivity index (χ4v) is 8.29. The Kier molecular flexibility index (Phi) is 10.3. The van der Waals surface area contributed by atoms with Gasteiger partial charge in [-0.05, 0) is 92.3 Å². The van der Waals surface area contributed by atoms with Crippen LogP contribution in [-0.4, -0.2) is 97.5 Å². The molecule has 2 N–H and O–H groups in total. The average molecular weight is 706 g/mol. The number of methoxy groups -OCH3 is 1. The maximum Gasteiger partial charge on any atom is 0.229 e. The number of aromatic nitrogens is 3. The van der Waals surface area contributed by atoms with Gasteiger partial charge >= 0.3 is 0 Å². The van der Waals surface area contributed by atoms with Gasteiger partial charge in [-0.1, -0.05) is 20.9 Å². The minimum Gasteiger partial charge on any atom is -0.494 e. The third kappa shape index (κ3) is 7.10. The first-order valence-electron chi connectivity index (χ1n) is 16.3. The van der Waals surface area contributed by atoms with E-state index in [2.05, 4.69) is 117 Å². The number of pyridine rings is 1. The monoisotopic (exact) mass is 704 g/mol. The number of halogens is 1. The molecule has 0 bridgehead atoms. The molecule has 0 radical (unpaired) electrons. The number of piperazine rings is 1. The third-order valence-corrected chi connectivity index (χ3v) is 11.3. The molecule has 2 aromatic heterocycles. The number of fused-ring (bicyclic) bond motifs is 1. The summed E-state index contributed by atoms with van der Waals surface area (Å²) in [6, 6.07) is 13.6. The van der Waals surface area contributed by atoms with Crippen LogP contribution in [0.25, 0.3) is 10.9 Å². The van der Waals surface area contributed by atoms with Crippen molar-refractivity contribution in [3.8, 4) is 5.75 Å². The van der Waals surface area contributed by atoms with E-state index in [4.69, 9.17) is 14.7 Å². The third-order valence-electron chi connectivity index (χ3n) is 9.33. The maximum atomic E-state index is 5.89. The SMILES string of the molecule is CCc1ccc2c(P(C)C)c(Nc3nc(Nc4cc(C)c(N5CCC(N6CCN(C)CC6)CC5)cc4OC)ncc3Br)ccc2n1. The number of hydrogen-bond donors (Lipinski definition) is 2. The van der Waals surface area contributed by atoms with Gasteiger partial charge in [0.2, 0.25) is 5.95 Å². The fourth-order valence-electron chi connectivity index (χ4n) is 6.72. The van der Waals surface area contributed by atoms with Crippen molar-refractivity contribution in [1.29, 1.82) is 0 Å². The largest absolute Gasteiger partial charge is 0.494 e. The summed E-state index contributed by atoms with van der Waals surface area (Å²) in [7, 11) is 3.54. The zero-order valence-electron chi connectivity index (χ0n) is 27.9. The van der Waals surface area contributed by atoms with Crippen LogP contribution in [0, 0.1) is 6.92 Å². The first-order chi connectivity index (χ1) is 22.2. The minimum absolute atomic E-state index is 0.412. The highest BCUT2D eigenvalue weighted by Crippen LogP contribution is 2.38. The van der Waals surface area contributed by atoms with Crippen molar-refractivity contribution in [2.75, 3.05) is 82.3 Å². The second-order valence-electron chi connectivity index (χ2n) is 12.6. The molecule has 0 saturated carbocycles. The highest BCUT2D eigenvalue weighted by atomic mass is 79.9. The predicted molar refractivity (Wildman–Crippen MR) is 198 cm³/mol. The van der Waals surface area contributed by atoms with Crippen molar-refractivity contribution in [2.45, 2.75) is 39.2 Å². The Morgan fingerprint density at radius 3 is 2.41 bits per heavy atom. The Hall–Kier alpha value is -3.04. The molecule has 0 spiro atoms. The minimum atomic E-state index is -0.412. The first kappa shape index (κ1) is 32.9. The van der Waals surface area contributed by atoms with Crippen LogP contribution in [0.4, 0.5) is 28.8 Å². The van der Waals surface area contributed by atoms with Crippen molar-refractivity contribution >= 4 is 68.9 Å². The van der Waals surface area contributed by atoms with E-state index in [9.17, 15) is 0 Å². The first-order valence-corrected chi connectivity index (χ1v) is 19.3. The molecule has 0 aliphatic carbocycles. The van der Waals surface area contributed by atoms with Crippen LogP contribution in [0.2, 0.25) is 0 Å². The summed E-state index contributed by atoms with van der Waals surface area (Å²) in [6.45, 7) is 15.7. The van der Waals surface area contributed by atoms with Gasteiger partial charge in [0.1, 0.15) is 11.6 Å². The number of rotatable bonds is 9. The van der Waals surface area contributed by atoms with Crippen LogP contribution in [0.15, 0.2) is 47.1 Å². The molecule has 2 aromatic carbocycles. The van der Waals surface area contributed by atoms with Crippen molar-refractivity contribution in [1.82, 2.24) is 24.8 Å². The second-order valence-corrected chi connectivity index (χ2v) is 15.7. The number of nitrogens with zero attached hydrogens (tertiary/aromatic N) is 6. The summed E-state index contributed by atoms with van der Waals surface area (Å²) in [5.74, 6) is 1.97. The van der Waals surface area contributed by atoms with Gasteiger partial charge < -0.3 is 25.2 Å². The van der Waals surface area contributed by atoms with E-state index in [1.807, 2.05) is 0 Å². The Morgan fingerprint density at radius 2 is 1.72 bits per heavy atom. The predicted octanol–water partition coefficient (Wildman–Crippen LogP) is 6.74. The number of benzene rings is 2. The molecular weight excluding hydrogens is 659 g/mol. The normalized spacial score (nSPS) is 16.7. The molecule has 2 fully saturated rings. The van der Waals surface area contributed by atoms with Crippen LogP contribution in [0.1, 0.15) is 31.0 Å². The summed E-state index contributed by atoms with van der Waals surface area (Å²) in [5, 5.41) is 9.50. The lowest BCUT2D eigenvalue weighted by Gasteiger charge is -2.43. The van der Waals surface area contributed by atoms with E-state index >= 15 is 0 Å². The number of anilines is 5. The second kappa shape index (κ2) is 14.4. The van der Waals surface area contributed by atoms with Crippen molar-refractivity contribution < 1.29 is 4.74 Å². The van der Waals surface area contributed by atoms with Gasteiger partial charge in [0.15, 0.2) is 0 Å². The average Bonchev–Trinajstić information content (AvgIpc) is 3.06. The van der Waals surface area contributed by atoms with Crippen molar-refractivity contribution in [3.63, 3.8) is 0 Å². The van der Waals surface area contributed by atoms with E-state index in [0.717, 1.165) is 52.3 Å². The molecule has 2 aliphatic rings. The topological polar surface area (TPSA) is 81.7 Å². The summed E-state index contributed by atoms with van der Waals surface area (Å²) in [4.78, 5) is 22.0. The molecule has 4 heterocycles. The Labute approximate surface area is 283 Å². The van der Waals surface area contributed by atoms with Gasteiger partial charge in [-0.2, -0.15) is 4.98 Å². The van der Waals surface area contributed by atoms with Crippen LogP contribution in [-0.2, 0) is 6.42 Å². The molecular formula is C35H46BrN8OP. The highest BCUT2D eigenvalue weighted by Gasteiger charge is 2.28. The molecule has 6 rings (SSSR count). The molecule has 9 nitrogen and oxygen atoms in total. The molecule has 46 heavy (non-hydrogen) atoms. The lowest BCUT2D eigenvalue weighted by Crippen LogP contribution is -2.52. The smallest absolute Gasteiger partial charge is 0.229 e. The molecule has 4 aromatic rings. The van der Waals surface area contributed by atoms with E-state index in [0.29, 0.717) is 17.8 Å². The van der Waals surface area contributed by atoms with Crippen LogP contribution in [0.3, 0.4) is 0 Å². The molecule has 2 saturated heterocycles. The number of aryl methyl sites for hydroxylation is 2. The summed E-state index contributed by atoms with van der Waals surface area (Å²) < 4.78 is 6.68. The molecule has 244 valence electrons. The van der Waals surface area contributed by atoms with Crippen molar-refractivity contribution in [3.05, 3.63) is 58.3 Å². The maximum absolute atomic E-state index is 5.89. The van der Waals surface area contributed by atoms with E-state index in [1.54, 1.807) is 13.3 Å². The Bertz CT molecular complexity index is 1690. The molecule has 0 atom stereocenters. The number of piperidine rings is 1. The Balaban J connectivity index is 1.19. The quantitative estimate of drug-likeness (QED) is 0.184. The molecule has 2 aliphatic heterocycles. The lowest BCUT2D eigenvalue weighted by atomic mass is 10.0. The summed E-state index contributed by atoms with van der Waals surface area (Å²) in [6.07, 6.45) is 5.10. The lowest BCUT2D eigenvalue weighted by molar-refractivity contribution is 0.0982. The van der Waals surface area contributed by atoms with E-state index in [-0.39, 0.29) is 0 Å².